The third-order valence-electron chi connectivity index (χ3n) is 12.5. The molecule has 11 heteroatoms. The van der Waals surface area contributed by atoms with Gasteiger partial charge < -0.3 is 20.1 Å². The van der Waals surface area contributed by atoms with Gasteiger partial charge in [-0.1, -0.05) is 12.0 Å². The van der Waals surface area contributed by atoms with E-state index in [-0.39, 0.29) is 45.2 Å². The Morgan fingerprint density at radius 2 is 1.96 bits per heavy atom. The van der Waals surface area contributed by atoms with E-state index in [9.17, 15) is 4.39 Å². The van der Waals surface area contributed by atoms with Crippen molar-refractivity contribution in [1.29, 1.82) is 0 Å². The molecule has 0 bridgehead atoms. The molecule has 3 saturated heterocycles. The number of nitrogens with two attached hydrogens (primary N) is 1. The van der Waals surface area contributed by atoms with Crippen molar-refractivity contribution in [2.45, 2.75) is 56.3 Å². The second-order valence-electron chi connectivity index (χ2n) is 15.1. The summed E-state index contributed by atoms with van der Waals surface area (Å²) >= 11 is 0. The lowest BCUT2D eigenvalue weighted by molar-refractivity contribution is 0.0640. The highest BCUT2D eigenvalue weighted by Crippen LogP contribution is 2.72. The molecular formula is C37H35F3N6O2. The summed E-state index contributed by atoms with van der Waals surface area (Å²) in [6, 6.07) is 5.65. The molecule has 48 heavy (non-hydrogen) atoms. The van der Waals surface area contributed by atoms with Crippen molar-refractivity contribution in [3.8, 4) is 29.6 Å². The molecular weight excluding hydrogens is 617 g/mol. The maximum Gasteiger partial charge on any atom is 0.319 e. The first-order valence-electron chi connectivity index (χ1n) is 17.0. The molecule has 2 spiro atoms. The van der Waals surface area contributed by atoms with Crippen molar-refractivity contribution in [3.05, 3.63) is 47.7 Å². The minimum atomic E-state index is -1.08. The van der Waals surface area contributed by atoms with Crippen LogP contribution in [0.4, 0.5) is 24.7 Å². The third kappa shape index (κ3) is 3.96. The zero-order valence-electron chi connectivity index (χ0n) is 26.4. The number of pyridine rings is 1. The number of alkyl halides is 1. The molecule has 3 aliphatic carbocycles. The second-order valence-corrected chi connectivity index (χ2v) is 15.1. The van der Waals surface area contributed by atoms with Crippen LogP contribution in [0.1, 0.15) is 44.1 Å². The van der Waals surface area contributed by atoms with Crippen molar-refractivity contribution < 1.29 is 22.6 Å². The fraction of sp³-hybridized carbons (Fsp3) is 0.486. The Morgan fingerprint density at radius 1 is 1.10 bits per heavy atom. The Kier molecular flexibility index (Phi) is 5.84. The highest BCUT2D eigenvalue weighted by atomic mass is 19.1. The monoisotopic (exact) mass is 652 g/mol. The van der Waals surface area contributed by atoms with Crippen LogP contribution in [-0.4, -0.2) is 77.1 Å². The molecule has 3 aliphatic heterocycles. The van der Waals surface area contributed by atoms with E-state index in [0.29, 0.717) is 59.4 Å². The van der Waals surface area contributed by atoms with Crippen molar-refractivity contribution in [3.63, 3.8) is 0 Å². The normalized spacial score (nSPS) is 29.2. The van der Waals surface area contributed by atoms with E-state index in [1.807, 2.05) is 4.90 Å². The van der Waals surface area contributed by atoms with Crippen molar-refractivity contribution in [1.82, 2.24) is 19.9 Å². The summed E-state index contributed by atoms with van der Waals surface area (Å²) in [7, 11) is 0. The number of hydrogen-bond donors (Lipinski definition) is 1. The molecule has 3 saturated carbocycles. The number of hydrogen-bond acceptors (Lipinski definition) is 8. The van der Waals surface area contributed by atoms with E-state index in [1.165, 1.54) is 44.4 Å². The minimum Gasteiger partial charge on any atom is -0.461 e. The van der Waals surface area contributed by atoms with Gasteiger partial charge in [0.1, 0.15) is 35.6 Å². The number of rotatable bonds is 5. The van der Waals surface area contributed by atoms with Crippen molar-refractivity contribution in [2.75, 3.05) is 50.1 Å². The van der Waals surface area contributed by atoms with Crippen LogP contribution in [0.15, 0.2) is 30.5 Å². The first kappa shape index (κ1) is 28.8. The van der Waals surface area contributed by atoms with Crippen LogP contribution in [-0.2, 0) is 4.74 Å². The number of terminal acetylenes is 1. The van der Waals surface area contributed by atoms with Gasteiger partial charge in [0, 0.05) is 41.8 Å². The van der Waals surface area contributed by atoms with E-state index < -0.39 is 23.8 Å². The van der Waals surface area contributed by atoms with Crippen molar-refractivity contribution >= 4 is 33.2 Å². The van der Waals surface area contributed by atoms with E-state index >= 15 is 8.78 Å². The zero-order valence-corrected chi connectivity index (χ0v) is 26.4. The van der Waals surface area contributed by atoms with Gasteiger partial charge in [0.15, 0.2) is 5.82 Å². The Labute approximate surface area is 275 Å². The van der Waals surface area contributed by atoms with Gasteiger partial charge in [-0.15, -0.1) is 6.42 Å². The molecule has 5 heterocycles. The van der Waals surface area contributed by atoms with Crippen LogP contribution in [0.2, 0.25) is 0 Å². The molecule has 4 aromatic rings. The summed E-state index contributed by atoms with van der Waals surface area (Å²) in [6.45, 7) is 3.68. The summed E-state index contributed by atoms with van der Waals surface area (Å²) in [4.78, 5) is 18.6. The van der Waals surface area contributed by atoms with E-state index in [2.05, 4.69) is 20.8 Å². The van der Waals surface area contributed by atoms with Gasteiger partial charge >= 0.3 is 6.01 Å². The molecule has 8 nitrogen and oxygen atoms in total. The number of nitrogens with zero attached hydrogens (tertiary/aromatic N) is 5. The average molecular weight is 653 g/mol. The Balaban J connectivity index is 1.13. The largest absolute Gasteiger partial charge is 0.461 e. The molecule has 2 aromatic carbocycles. The number of benzene rings is 2. The summed E-state index contributed by atoms with van der Waals surface area (Å²) < 4.78 is 59.3. The molecule has 0 radical (unpaired) electrons. The molecule has 0 unspecified atom stereocenters. The smallest absolute Gasteiger partial charge is 0.319 e. The van der Waals surface area contributed by atoms with Gasteiger partial charge in [-0.25, -0.2) is 13.2 Å². The fourth-order valence-corrected chi connectivity index (χ4v) is 9.57. The number of ether oxygens (including phenoxy) is 2. The highest BCUT2D eigenvalue weighted by Gasteiger charge is 2.72. The number of anilines is 2. The standard InChI is InChI=1S/C37H35F3N6O2/c1-2-22-26(38)4-3-20-13-21(41)14-23(27(20)22)30-29(40)31-24(15-42-30)33(46-11-12-47-16-25-28(39)32(25)46)44-34(43-31)48-19-37-17-35(5-6-35)18-45(37)10-9-36(37)7-8-36/h1,3-4,13-15,25,28,32H,5-12,16-19,41H2/t25-,28-,32-,37-/m0/s1. The highest BCUT2D eigenvalue weighted by molar-refractivity contribution is 6.03. The van der Waals surface area contributed by atoms with Gasteiger partial charge in [0.05, 0.1) is 35.7 Å². The fourth-order valence-electron chi connectivity index (χ4n) is 9.57. The Hall–Kier alpha value is -4.14. The van der Waals surface area contributed by atoms with Crippen molar-refractivity contribution in [2.24, 2.45) is 16.7 Å². The molecule has 6 fully saturated rings. The summed E-state index contributed by atoms with van der Waals surface area (Å²) in [5.41, 5.74) is 7.31. The van der Waals surface area contributed by atoms with Gasteiger partial charge in [0.2, 0.25) is 0 Å². The lowest BCUT2D eigenvalue weighted by atomic mass is 9.78. The Bertz CT molecular complexity index is 2090. The van der Waals surface area contributed by atoms with Crippen LogP contribution >= 0.6 is 0 Å². The van der Waals surface area contributed by atoms with E-state index in [1.54, 1.807) is 18.2 Å². The van der Waals surface area contributed by atoms with Gasteiger partial charge in [-0.05, 0) is 79.5 Å². The zero-order chi connectivity index (χ0) is 32.6. The SMILES string of the molecule is C#Cc1c(F)ccc2cc(N)cc(-c3ncc4c(N5CCOC[C@H]6[C@H](F)[C@H]65)nc(OC[C@]56CC7(CC7)CN5CCC65CC5)nc4c3F)c12. The van der Waals surface area contributed by atoms with Crippen LogP contribution in [0.3, 0.4) is 0 Å². The third-order valence-corrected chi connectivity index (χ3v) is 12.5. The summed E-state index contributed by atoms with van der Waals surface area (Å²) in [5.74, 6) is 1.15. The number of fused-ring (bicyclic) bond motifs is 5. The van der Waals surface area contributed by atoms with Crippen LogP contribution < -0.4 is 15.4 Å². The minimum absolute atomic E-state index is 0.00565. The van der Waals surface area contributed by atoms with E-state index in [4.69, 9.17) is 26.6 Å². The Morgan fingerprint density at radius 3 is 2.75 bits per heavy atom. The first-order chi connectivity index (χ1) is 23.3. The second kappa shape index (κ2) is 9.73. The summed E-state index contributed by atoms with van der Waals surface area (Å²) in [5, 5.41) is 1.22. The number of halogens is 3. The predicted octanol–water partition coefficient (Wildman–Crippen LogP) is 5.65. The quantitative estimate of drug-likeness (QED) is 0.219. The summed E-state index contributed by atoms with van der Waals surface area (Å²) in [6.07, 6.45) is 13.3. The number of nitrogen functional groups attached to an aromatic ring is 1. The molecule has 2 N–H and O–H groups in total. The molecule has 2 aromatic heterocycles. The van der Waals surface area contributed by atoms with Gasteiger partial charge in [0.25, 0.3) is 0 Å². The maximum absolute atomic E-state index is 17.0. The predicted molar refractivity (Wildman–Crippen MR) is 175 cm³/mol. The lowest BCUT2D eigenvalue weighted by Crippen LogP contribution is -2.49. The maximum atomic E-state index is 17.0. The molecule has 0 amide bonds. The first-order valence-corrected chi connectivity index (χ1v) is 17.0. The van der Waals surface area contributed by atoms with Gasteiger partial charge in [-0.3, -0.25) is 9.88 Å². The molecule has 6 aliphatic rings. The lowest BCUT2D eigenvalue weighted by Gasteiger charge is -2.37. The van der Waals surface area contributed by atoms with Crippen LogP contribution in [0, 0.1) is 40.7 Å². The van der Waals surface area contributed by atoms with Crippen LogP contribution in [0.5, 0.6) is 6.01 Å². The molecule has 246 valence electrons. The average Bonchev–Trinajstić information content (AvgIpc) is 4.01. The van der Waals surface area contributed by atoms with Gasteiger partial charge in [-0.2, -0.15) is 9.97 Å². The van der Waals surface area contributed by atoms with E-state index in [0.717, 1.165) is 19.5 Å². The molecule has 10 rings (SSSR count). The molecule has 4 atom stereocenters. The van der Waals surface area contributed by atoms with Crippen LogP contribution in [0.25, 0.3) is 32.9 Å². The topological polar surface area (TPSA) is 89.6 Å². The number of aromatic nitrogens is 3.